The van der Waals surface area contributed by atoms with Gasteiger partial charge in [-0.25, -0.2) is 4.39 Å². The molecule has 0 fully saturated rings. The van der Waals surface area contributed by atoms with Crippen LogP contribution in [0.3, 0.4) is 0 Å². The first kappa shape index (κ1) is 21.0. The Hall–Kier alpha value is -4.60. The standard InChI is InChI=1S/C25H20FN7O2/c1-15-24-20(17-4-8-19(9-5-17)35-13-16-2-6-18(26)7-3-16)12-23(34)28-25(24)33(30-15)22-11-10-21-29-27-14-32(21)31-22/h2-11,14,20H,12-13H2,1H3,(H,28,34)/t20-/m1/s1. The van der Waals surface area contributed by atoms with Gasteiger partial charge in [0.1, 0.15) is 30.3 Å². The first-order valence-corrected chi connectivity index (χ1v) is 11.1. The van der Waals surface area contributed by atoms with Gasteiger partial charge in [-0.05, 0) is 54.4 Å². The third kappa shape index (κ3) is 3.88. The van der Waals surface area contributed by atoms with Gasteiger partial charge in [0.05, 0.1) is 5.69 Å². The van der Waals surface area contributed by atoms with Crippen LogP contribution >= 0.6 is 0 Å². The van der Waals surface area contributed by atoms with Crippen molar-refractivity contribution in [2.24, 2.45) is 0 Å². The van der Waals surface area contributed by atoms with Gasteiger partial charge in [0.25, 0.3) is 0 Å². The van der Waals surface area contributed by atoms with Crippen LogP contribution < -0.4 is 10.1 Å². The number of aromatic nitrogens is 6. The minimum Gasteiger partial charge on any atom is -0.489 e. The molecule has 1 aliphatic heterocycles. The highest BCUT2D eigenvalue weighted by Gasteiger charge is 2.33. The Balaban J connectivity index is 1.29. The number of anilines is 1. The fourth-order valence-electron chi connectivity index (χ4n) is 4.37. The van der Waals surface area contributed by atoms with Crippen LogP contribution in [-0.4, -0.2) is 35.5 Å². The second-order valence-electron chi connectivity index (χ2n) is 8.37. The topological polar surface area (TPSA) is 99.2 Å². The van der Waals surface area contributed by atoms with Crippen LogP contribution in [0.1, 0.15) is 34.7 Å². The lowest BCUT2D eigenvalue weighted by atomic mass is 9.86. The summed E-state index contributed by atoms with van der Waals surface area (Å²) in [5.74, 6) is 1.33. The predicted molar refractivity (Wildman–Crippen MR) is 125 cm³/mol. The summed E-state index contributed by atoms with van der Waals surface area (Å²) in [7, 11) is 0. The predicted octanol–water partition coefficient (Wildman–Crippen LogP) is 3.81. The van der Waals surface area contributed by atoms with E-state index in [0.717, 1.165) is 22.4 Å². The second-order valence-corrected chi connectivity index (χ2v) is 8.37. The molecule has 0 bridgehead atoms. The van der Waals surface area contributed by atoms with Crippen LogP contribution in [0.5, 0.6) is 5.75 Å². The molecule has 0 radical (unpaired) electrons. The number of amides is 1. The molecule has 2 aromatic carbocycles. The van der Waals surface area contributed by atoms with Crippen molar-refractivity contribution >= 4 is 17.4 Å². The minimum atomic E-state index is -0.275. The highest BCUT2D eigenvalue weighted by molar-refractivity contribution is 5.95. The van der Waals surface area contributed by atoms with E-state index in [1.807, 2.05) is 31.2 Å². The molecule has 0 aliphatic carbocycles. The van der Waals surface area contributed by atoms with Crippen molar-refractivity contribution in [2.75, 3.05) is 5.32 Å². The Bertz CT molecular complexity index is 1540. The summed E-state index contributed by atoms with van der Waals surface area (Å²) >= 11 is 0. The van der Waals surface area contributed by atoms with Crippen molar-refractivity contribution in [3.63, 3.8) is 0 Å². The molecular formula is C25H20FN7O2. The third-order valence-corrected chi connectivity index (χ3v) is 6.07. The Morgan fingerprint density at radius 1 is 1.06 bits per heavy atom. The van der Waals surface area contributed by atoms with E-state index in [1.165, 1.54) is 18.5 Å². The summed E-state index contributed by atoms with van der Waals surface area (Å²) in [4.78, 5) is 12.7. The zero-order valence-corrected chi connectivity index (χ0v) is 18.7. The van der Waals surface area contributed by atoms with E-state index in [9.17, 15) is 9.18 Å². The zero-order valence-electron chi connectivity index (χ0n) is 18.7. The maximum atomic E-state index is 13.1. The molecule has 35 heavy (non-hydrogen) atoms. The maximum absolute atomic E-state index is 13.1. The van der Waals surface area contributed by atoms with Crippen molar-refractivity contribution in [3.05, 3.63) is 95.2 Å². The van der Waals surface area contributed by atoms with Crippen molar-refractivity contribution in [1.82, 2.24) is 29.6 Å². The number of ether oxygens (including phenoxy) is 1. The monoisotopic (exact) mass is 469 g/mol. The zero-order chi connectivity index (χ0) is 23.9. The smallest absolute Gasteiger partial charge is 0.226 e. The maximum Gasteiger partial charge on any atom is 0.226 e. The number of fused-ring (bicyclic) bond motifs is 2. The average molecular weight is 469 g/mol. The Labute approximate surface area is 199 Å². The number of carbonyl (C=O) groups is 1. The molecule has 0 unspecified atom stereocenters. The fraction of sp³-hybridized carbons (Fsp3) is 0.160. The molecule has 4 heterocycles. The van der Waals surface area contributed by atoms with Crippen molar-refractivity contribution < 1.29 is 13.9 Å². The van der Waals surface area contributed by atoms with Gasteiger partial charge in [-0.1, -0.05) is 24.3 Å². The molecule has 0 saturated heterocycles. The molecule has 0 spiro atoms. The van der Waals surface area contributed by atoms with Gasteiger partial charge in [-0.3, -0.25) is 4.79 Å². The minimum absolute atomic E-state index is 0.0920. The van der Waals surface area contributed by atoms with Crippen molar-refractivity contribution in [3.8, 4) is 11.6 Å². The number of hydrogen-bond donors (Lipinski definition) is 1. The Morgan fingerprint density at radius 3 is 2.66 bits per heavy atom. The summed E-state index contributed by atoms with van der Waals surface area (Å²) in [6.07, 6.45) is 1.83. The molecule has 0 saturated carbocycles. The normalized spacial score (nSPS) is 15.1. The first-order valence-electron chi connectivity index (χ1n) is 11.1. The number of carbonyl (C=O) groups excluding carboxylic acids is 1. The molecule has 1 amide bonds. The molecule has 1 atom stereocenters. The van der Waals surface area contributed by atoms with E-state index >= 15 is 0 Å². The summed E-state index contributed by atoms with van der Waals surface area (Å²) < 4.78 is 22.1. The lowest BCUT2D eigenvalue weighted by Gasteiger charge is -2.24. The number of nitrogens with zero attached hydrogens (tertiary/aromatic N) is 6. The van der Waals surface area contributed by atoms with E-state index < -0.39 is 0 Å². The van der Waals surface area contributed by atoms with Gasteiger partial charge < -0.3 is 10.1 Å². The summed E-state index contributed by atoms with van der Waals surface area (Å²) in [6.45, 7) is 2.27. The lowest BCUT2D eigenvalue weighted by Crippen LogP contribution is -2.25. The van der Waals surface area contributed by atoms with Gasteiger partial charge >= 0.3 is 0 Å². The van der Waals surface area contributed by atoms with Gasteiger partial charge in [0, 0.05) is 17.9 Å². The van der Waals surface area contributed by atoms with Crippen LogP contribution in [-0.2, 0) is 11.4 Å². The van der Waals surface area contributed by atoms with Crippen LogP contribution in [0, 0.1) is 12.7 Å². The number of aryl methyl sites for hydroxylation is 1. The quantitative estimate of drug-likeness (QED) is 0.420. The largest absolute Gasteiger partial charge is 0.489 e. The lowest BCUT2D eigenvalue weighted by molar-refractivity contribution is -0.116. The molecule has 10 heteroatoms. The molecule has 5 aromatic rings. The fourth-order valence-corrected chi connectivity index (χ4v) is 4.37. The molecule has 174 valence electrons. The average Bonchev–Trinajstić information content (AvgIpc) is 3.47. The number of rotatable bonds is 5. The van der Waals surface area contributed by atoms with E-state index in [-0.39, 0.29) is 17.6 Å². The van der Waals surface area contributed by atoms with Crippen LogP contribution in [0.25, 0.3) is 11.5 Å². The van der Waals surface area contributed by atoms with Crippen LogP contribution in [0.4, 0.5) is 10.2 Å². The summed E-state index contributed by atoms with van der Waals surface area (Å²) in [5.41, 5.74) is 4.25. The van der Waals surface area contributed by atoms with Gasteiger partial charge in [0.2, 0.25) is 5.91 Å². The number of hydrogen-bond acceptors (Lipinski definition) is 6. The second kappa shape index (κ2) is 8.32. The van der Waals surface area contributed by atoms with Crippen LogP contribution in [0.15, 0.2) is 67.0 Å². The van der Waals surface area contributed by atoms with E-state index in [2.05, 4.69) is 25.7 Å². The van der Waals surface area contributed by atoms with Crippen molar-refractivity contribution in [1.29, 1.82) is 0 Å². The highest BCUT2D eigenvalue weighted by Crippen LogP contribution is 2.40. The van der Waals surface area contributed by atoms with E-state index in [0.29, 0.717) is 36.1 Å². The summed E-state index contributed by atoms with van der Waals surface area (Å²) in [6, 6.07) is 17.5. The van der Waals surface area contributed by atoms with Gasteiger partial charge in [-0.2, -0.15) is 14.3 Å². The van der Waals surface area contributed by atoms with Crippen molar-refractivity contribution in [2.45, 2.75) is 25.9 Å². The molecule has 1 aliphatic rings. The van der Waals surface area contributed by atoms with E-state index in [4.69, 9.17) is 4.74 Å². The van der Waals surface area contributed by atoms with E-state index in [1.54, 1.807) is 33.5 Å². The first-order chi connectivity index (χ1) is 17.0. The highest BCUT2D eigenvalue weighted by atomic mass is 19.1. The number of halogens is 1. The SMILES string of the molecule is Cc1nn(-c2ccc3nncn3n2)c2c1[C@@H](c1ccc(OCc3ccc(F)cc3)cc1)CC(=O)N2. The third-order valence-electron chi connectivity index (χ3n) is 6.07. The summed E-state index contributed by atoms with van der Waals surface area (Å²) in [5, 5.41) is 20.0. The molecular weight excluding hydrogens is 449 g/mol. The Morgan fingerprint density at radius 2 is 1.86 bits per heavy atom. The molecule has 6 rings (SSSR count). The number of benzene rings is 2. The van der Waals surface area contributed by atoms with Gasteiger partial charge in [0.15, 0.2) is 11.5 Å². The molecule has 3 aromatic heterocycles. The van der Waals surface area contributed by atoms with Gasteiger partial charge in [-0.15, -0.1) is 15.3 Å². The van der Waals surface area contributed by atoms with Crippen LogP contribution in [0.2, 0.25) is 0 Å². The molecule has 9 nitrogen and oxygen atoms in total. The molecule has 1 N–H and O–H groups in total. The number of nitrogens with one attached hydrogen (secondary N) is 1. The Kier molecular flexibility index (Phi) is 4.98.